The van der Waals surface area contributed by atoms with E-state index >= 15 is 0 Å². The average molecular weight is 328 g/mol. The van der Waals surface area contributed by atoms with Crippen LogP contribution in [0.1, 0.15) is 23.2 Å². The standard InChI is InChI=1S/C16H20N6O2/c17-14(23)10-21-6-3-13(4-7-21)20-16(24)12-1-2-15(19-9-12)22-8-5-18-11-22/h1-2,5,8-9,11,13H,3-4,6-7,10H2,(H2,17,23)(H,20,24). The van der Waals surface area contributed by atoms with E-state index in [0.29, 0.717) is 11.4 Å². The monoisotopic (exact) mass is 328 g/mol. The summed E-state index contributed by atoms with van der Waals surface area (Å²) in [7, 11) is 0. The number of aromatic nitrogens is 3. The minimum Gasteiger partial charge on any atom is -0.369 e. The molecular formula is C16H20N6O2. The topological polar surface area (TPSA) is 106 Å². The lowest BCUT2D eigenvalue weighted by molar-refractivity contribution is -0.119. The fourth-order valence-corrected chi connectivity index (χ4v) is 2.79. The van der Waals surface area contributed by atoms with Gasteiger partial charge in [-0.1, -0.05) is 0 Å². The van der Waals surface area contributed by atoms with Gasteiger partial charge in [0.05, 0.1) is 12.1 Å². The molecule has 0 spiro atoms. The molecule has 0 radical (unpaired) electrons. The van der Waals surface area contributed by atoms with E-state index < -0.39 is 0 Å². The first-order chi connectivity index (χ1) is 11.6. The molecule has 3 rings (SSSR count). The van der Waals surface area contributed by atoms with E-state index in [1.165, 1.54) is 0 Å². The van der Waals surface area contributed by atoms with Gasteiger partial charge in [-0.25, -0.2) is 9.97 Å². The van der Waals surface area contributed by atoms with Crippen LogP contribution < -0.4 is 11.1 Å². The molecule has 0 saturated carbocycles. The van der Waals surface area contributed by atoms with Gasteiger partial charge in [-0.2, -0.15) is 0 Å². The molecule has 24 heavy (non-hydrogen) atoms. The number of amides is 2. The number of carbonyl (C=O) groups is 2. The summed E-state index contributed by atoms with van der Waals surface area (Å²) in [5.74, 6) is 0.262. The minimum absolute atomic E-state index is 0.106. The van der Waals surface area contributed by atoms with Crippen LogP contribution in [0.15, 0.2) is 37.1 Å². The number of imidazole rings is 1. The SMILES string of the molecule is NC(=O)CN1CCC(NC(=O)c2ccc(-n3ccnc3)nc2)CC1. The highest BCUT2D eigenvalue weighted by Crippen LogP contribution is 2.11. The van der Waals surface area contributed by atoms with E-state index in [0.717, 1.165) is 25.9 Å². The van der Waals surface area contributed by atoms with Crippen LogP contribution in [0.5, 0.6) is 0 Å². The second-order valence-corrected chi connectivity index (χ2v) is 5.87. The Bertz CT molecular complexity index is 690. The van der Waals surface area contributed by atoms with Crippen LogP contribution in [-0.4, -0.2) is 56.9 Å². The summed E-state index contributed by atoms with van der Waals surface area (Å²) in [6.07, 6.45) is 8.29. The Labute approximate surface area is 139 Å². The molecule has 0 atom stereocenters. The van der Waals surface area contributed by atoms with Crippen molar-refractivity contribution in [3.05, 3.63) is 42.6 Å². The highest BCUT2D eigenvalue weighted by Gasteiger charge is 2.22. The molecule has 0 aromatic carbocycles. The summed E-state index contributed by atoms with van der Waals surface area (Å²) in [4.78, 5) is 33.5. The van der Waals surface area contributed by atoms with Crippen molar-refractivity contribution >= 4 is 11.8 Å². The van der Waals surface area contributed by atoms with Crippen molar-refractivity contribution in [1.82, 2.24) is 24.8 Å². The Balaban J connectivity index is 1.53. The number of rotatable bonds is 5. The van der Waals surface area contributed by atoms with Crippen LogP contribution in [0.25, 0.3) is 5.82 Å². The maximum Gasteiger partial charge on any atom is 0.253 e. The van der Waals surface area contributed by atoms with E-state index in [-0.39, 0.29) is 24.4 Å². The highest BCUT2D eigenvalue weighted by atomic mass is 16.2. The molecule has 1 aliphatic heterocycles. The Morgan fingerprint density at radius 2 is 2.08 bits per heavy atom. The van der Waals surface area contributed by atoms with Gasteiger partial charge in [0.2, 0.25) is 5.91 Å². The number of hydrogen-bond acceptors (Lipinski definition) is 5. The van der Waals surface area contributed by atoms with Gasteiger partial charge in [0.15, 0.2) is 0 Å². The summed E-state index contributed by atoms with van der Waals surface area (Å²) < 4.78 is 1.77. The third-order valence-electron chi connectivity index (χ3n) is 4.08. The fraction of sp³-hybridized carbons (Fsp3) is 0.375. The van der Waals surface area contributed by atoms with E-state index in [9.17, 15) is 9.59 Å². The van der Waals surface area contributed by atoms with Crippen molar-refractivity contribution in [2.24, 2.45) is 5.73 Å². The molecule has 3 N–H and O–H groups in total. The Hall–Kier alpha value is -2.74. The van der Waals surface area contributed by atoms with Crippen LogP contribution in [0.3, 0.4) is 0 Å². The molecular weight excluding hydrogens is 308 g/mol. The van der Waals surface area contributed by atoms with Crippen molar-refractivity contribution in [1.29, 1.82) is 0 Å². The third-order valence-corrected chi connectivity index (χ3v) is 4.08. The van der Waals surface area contributed by atoms with Gasteiger partial charge in [-0.15, -0.1) is 0 Å². The van der Waals surface area contributed by atoms with Gasteiger partial charge in [0.1, 0.15) is 12.1 Å². The summed E-state index contributed by atoms with van der Waals surface area (Å²) in [6.45, 7) is 1.79. The molecule has 2 amide bonds. The zero-order valence-electron chi connectivity index (χ0n) is 13.3. The minimum atomic E-state index is -0.318. The number of nitrogens with zero attached hydrogens (tertiary/aromatic N) is 4. The summed E-state index contributed by atoms with van der Waals surface area (Å²) >= 11 is 0. The molecule has 8 heteroatoms. The van der Waals surface area contributed by atoms with E-state index in [1.807, 2.05) is 4.90 Å². The Morgan fingerprint density at radius 3 is 2.67 bits per heavy atom. The van der Waals surface area contributed by atoms with Crippen molar-refractivity contribution in [3.8, 4) is 5.82 Å². The average Bonchev–Trinajstić information content (AvgIpc) is 3.11. The molecule has 2 aromatic heterocycles. The van der Waals surface area contributed by atoms with Crippen molar-refractivity contribution in [2.45, 2.75) is 18.9 Å². The zero-order chi connectivity index (χ0) is 16.9. The van der Waals surface area contributed by atoms with Crippen LogP contribution in [0.4, 0.5) is 0 Å². The molecule has 1 aliphatic rings. The molecule has 3 heterocycles. The predicted molar refractivity (Wildman–Crippen MR) is 87.5 cm³/mol. The molecule has 0 bridgehead atoms. The number of nitrogens with two attached hydrogens (primary N) is 1. The smallest absolute Gasteiger partial charge is 0.253 e. The number of piperidine rings is 1. The van der Waals surface area contributed by atoms with Crippen molar-refractivity contribution in [3.63, 3.8) is 0 Å². The normalized spacial score (nSPS) is 16.0. The van der Waals surface area contributed by atoms with Crippen molar-refractivity contribution in [2.75, 3.05) is 19.6 Å². The number of primary amides is 1. The van der Waals surface area contributed by atoms with Gasteiger partial charge in [0.25, 0.3) is 5.91 Å². The van der Waals surface area contributed by atoms with Gasteiger partial charge in [-0.3, -0.25) is 19.1 Å². The van der Waals surface area contributed by atoms with Gasteiger partial charge in [-0.05, 0) is 25.0 Å². The maximum atomic E-state index is 12.3. The number of pyridine rings is 1. The lowest BCUT2D eigenvalue weighted by atomic mass is 10.0. The number of carbonyl (C=O) groups excluding carboxylic acids is 2. The molecule has 1 fully saturated rings. The molecule has 1 saturated heterocycles. The number of nitrogens with one attached hydrogen (secondary N) is 1. The Kier molecular flexibility index (Phi) is 4.85. The quantitative estimate of drug-likeness (QED) is 0.800. The zero-order valence-corrected chi connectivity index (χ0v) is 13.3. The number of likely N-dealkylation sites (tertiary alicyclic amines) is 1. The van der Waals surface area contributed by atoms with Crippen LogP contribution in [0, 0.1) is 0 Å². The second-order valence-electron chi connectivity index (χ2n) is 5.87. The highest BCUT2D eigenvalue weighted by molar-refractivity contribution is 5.94. The molecule has 2 aromatic rings. The largest absolute Gasteiger partial charge is 0.369 e. The summed E-state index contributed by atoms with van der Waals surface area (Å²) in [5.41, 5.74) is 5.73. The van der Waals surface area contributed by atoms with Crippen LogP contribution in [0.2, 0.25) is 0 Å². The van der Waals surface area contributed by atoms with Crippen LogP contribution in [-0.2, 0) is 4.79 Å². The molecule has 0 unspecified atom stereocenters. The van der Waals surface area contributed by atoms with E-state index in [1.54, 1.807) is 41.6 Å². The van der Waals surface area contributed by atoms with Gasteiger partial charge < -0.3 is 11.1 Å². The lowest BCUT2D eigenvalue weighted by Gasteiger charge is -2.31. The first kappa shape index (κ1) is 16.1. The van der Waals surface area contributed by atoms with Crippen LogP contribution >= 0.6 is 0 Å². The van der Waals surface area contributed by atoms with E-state index in [4.69, 9.17) is 5.73 Å². The maximum absolute atomic E-state index is 12.3. The molecule has 0 aliphatic carbocycles. The van der Waals surface area contributed by atoms with Gasteiger partial charge in [0, 0.05) is 37.7 Å². The van der Waals surface area contributed by atoms with Crippen molar-refractivity contribution < 1.29 is 9.59 Å². The predicted octanol–water partition coefficient (Wildman–Crippen LogP) is -0.0532. The fourth-order valence-electron chi connectivity index (χ4n) is 2.79. The van der Waals surface area contributed by atoms with E-state index in [2.05, 4.69) is 15.3 Å². The van der Waals surface area contributed by atoms with Gasteiger partial charge >= 0.3 is 0 Å². The first-order valence-electron chi connectivity index (χ1n) is 7.88. The molecule has 8 nitrogen and oxygen atoms in total. The summed E-state index contributed by atoms with van der Waals surface area (Å²) in [5, 5.41) is 3.02. The lowest BCUT2D eigenvalue weighted by Crippen LogP contribution is -2.46. The molecule has 126 valence electrons. The number of hydrogen-bond donors (Lipinski definition) is 2. The third kappa shape index (κ3) is 3.96. The summed E-state index contributed by atoms with van der Waals surface area (Å²) in [6, 6.07) is 3.64. The Morgan fingerprint density at radius 1 is 1.29 bits per heavy atom. The second kappa shape index (κ2) is 7.22. The first-order valence-corrected chi connectivity index (χ1v) is 7.88.